The molecule has 0 amide bonds. The minimum absolute atomic E-state index is 0.646. The van der Waals surface area contributed by atoms with E-state index in [1.807, 2.05) is 40.7 Å². The molecule has 0 bridgehead atoms. The summed E-state index contributed by atoms with van der Waals surface area (Å²) in [6, 6.07) is 20.8. The molecule has 0 aliphatic carbocycles. The molecule has 0 spiro atoms. The Bertz CT molecular complexity index is 1190. The van der Waals surface area contributed by atoms with Gasteiger partial charge in [-0.15, -0.1) is 0 Å². The van der Waals surface area contributed by atoms with E-state index in [4.69, 9.17) is 0 Å². The molecule has 0 aliphatic heterocycles. The molecule has 32 heavy (non-hydrogen) atoms. The van der Waals surface area contributed by atoms with Crippen LogP contribution in [0.25, 0.3) is 5.69 Å². The molecule has 0 saturated carbocycles. The zero-order chi connectivity index (χ0) is 22.3. The molecular formula is C25H29N7. The van der Waals surface area contributed by atoms with Crippen LogP contribution in [0.1, 0.15) is 28.1 Å². The number of aliphatic imine (C=N–C) groups is 1. The van der Waals surface area contributed by atoms with Crippen LogP contribution in [-0.2, 0) is 19.6 Å². The largest absolute Gasteiger partial charge is 0.352 e. The predicted octanol–water partition coefficient (Wildman–Crippen LogP) is 3.60. The lowest BCUT2D eigenvalue weighted by Gasteiger charge is -2.15. The zero-order valence-corrected chi connectivity index (χ0v) is 18.8. The number of para-hydroxylation sites is 1. The first-order valence-corrected chi connectivity index (χ1v) is 10.7. The Morgan fingerprint density at radius 1 is 0.938 bits per heavy atom. The fourth-order valence-electron chi connectivity index (χ4n) is 3.74. The first kappa shape index (κ1) is 21.4. The third kappa shape index (κ3) is 5.24. The second-order valence-electron chi connectivity index (χ2n) is 7.77. The maximum Gasteiger partial charge on any atom is 0.191 e. The van der Waals surface area contributed by atoms with Gasteiger partial charge in [0.15, 0.2) is 5.96 Å². The molecule has 2 heterocycles. The SMILES string of the molecule is CN=C(NCc1cccc(Cn2cccn2)c1)NCc1ccccc1-n1nc(C)cc1C. The Morgan fingerprint density at radius 2 is 1.75 bits per heavy atom. The fourth-order valence-corrected chi connectivity index (χ4v) is 3.74. The van der Waals surface area contributed by atoms with Gasteiger partial charge in [0.25, 0.3) is 0 Å². The molecule has 0 saturated heterocycles. The molecule has 4 rings (SSSR count). The monoisotopic (exact) mass is 427 g/mol. The Kier molecular flexibility index (Phi) is 6.65. The lowest BCUT2D eigenvalue weighted by molar-refractivity contribution is 0.685. The smallest absolute Gasteiger partial charge is 0.191 e. The fraction of sp³-hybridized carbons (Fsp3) is 0.240. The molecule has 0 radical (unpaired) electrons. The van der Waals surface area contributed by atoms with Gasteiger partial charge in [-0.25, -0.2) is 4.68 Å². The summed E-state index contributed by atoms with van der Waals surface area (Å²) in [4.78, 5) is 4.38. The molecule has 2 N–H and O–H groups in total. The standard InChI is InChI=1S/C25H29N7/c1-19-14-20(2)32(30-19)24-11-5-4-10-23(24)17-28-25(26-3)27-16-21-8-6-9-22(15-21)18-31-13-7-12-29-31/h4-15H,16-18H2,1-3H3,(H2,26,27,28). The van der Waals surface area contributed by atoms with Gasteiger partial charge in [-0.2, -0.15) is 10.2 Å². The number of guanidine groups is 1. The molecule has 0 unspecified atom stereocenters. The van der Waals surface area contributed by atoms with E-state index in [2.05, 4.69) is 75.2 Å². The zero-order valence-electron chi connectivity index (χ0n) is 18.8. The van der Waals surface area contributed by atoms with E-state index in [1.165, 1.54) is 11.1 Å². The van der Waals surface area contributed by atoms with E-state index >= 15 is 0 Å². The number of benzene rings is 2. The van der Waals surface area contributed by atoms with E-state index in [1.54, 1.807) is 13.2 Å². The molecule has 0 fully saturated rings. The van der Waals surface area contributed by atoms with Crippen molar-refractivity contribution >= 4 is 5.96 Å². The van der Waals surface area contributed by atoms with Crippen LogP contribution in [-0.4, -0.2) is 32.6 Å². The van der Waals surface area contributed by atoms with Gasteiger partial charge in [0, 0.05) is 38.2 Å². The average molecular weight is 428 g/mol. The van der Waals surface area contributed by atoms with Crippen LogP contribution in [0, 0.1) is 13.8 Å². The summed E-state index contributed by atoms with van der Waals surface area (Å²) in [6.07, 6.45) is 3.77. The number of aromatic nitrogens is 4. The highest BCUT2D eigenvalue weighted by Crippen LogP contribution is 2.17. The molecule has 2 aromatic carbocycles. The molecule has 164 valence electrons. The van der Waals surface area contributed by atoms with Crippen LogP contribution in [0.4, 0.5) is 0 Å². The van der Waals surface area contributed by atoms with Crippen LogP contribution in [0.15, 0.2) is 78.0 Å². The lowest BCUT2D eigenvalue weighted by Crippen LogP contribution is -2.36. The number of hydrogen-bond donors (Lipinski definition) is 2. The summed E-state index contributed by atoms with van der Waals surface area (Å²) >= 11 is 0. The first-order valence-electron chi connectivity index (χ1n) is 10.7. The highest BCUT2D eigenvalue weighted by atomic mass is 15.3. The summed E-state index contributed by atoms with van der Waals surface area (Å²) in [5.41, 5.74) is 6.77. The van der Waals surface area contributed by atoms with Gasteiger partial charge in [-0.1, -0.05) is 42.5 Å². The predicted molar refractivity (Wildman–Crippen MR) is 128 cm³/mol. The second-order valence-corrected chi connectivity index (χ2v) is 7.77. The number of nitrogens with one attached hydrogen (secondary N) is 2. The lowest BCUT2D eigenvalue weighted by atomic mass is 10.1. The third-order valence-corrected chi connectivity index (χ3v) is 5.25. The van der Waals surface area contributed by atoms with Gasteiger partial charge in [-0.05, 0) is 48.7 Å². The Morgan fingerprint density at radius 3 is 2.50 bits per heavy atom. The Balaban J connectivity index is 1.38. The van der Waals surface area contributed by atoms with E-state index in [9.17, 15) is 0 Å². The minimum atomic E-state index is 0.646. The second kappa shape index (κ2) is 9.96. The van der Waals surface area contributed by atoms with Crippen molar-refractivity contribution < 1.29 is 0 Å². The van der Waals surface area contributed by atoms with Crippen molar-refractivity contribution in [1.29, 1.82) is 0 Å². The van der Waals surface area contributed by atoms with Crippen molar-refractivity contribution in [2.24, 2.45) is 4.99 Å². The van der Waals surface area contributed by atoms with Crippen molar-refractivity contribution in [3.05, 3.63) is 101 Å². The summed E-state index contributed by atoms with van der Waals surface area (Å²) in [5.74, 6) is 0.755. The van der Waals surface area contributed by atoms with Crippen molar-refractivity contribution in [2.75, 3.05) is 7.05 Å². The molecule has 2 aromatic heterocycles. The van der Waals surface area contributed by atoms with E-state index in [0.717, 1.165) is 35.1 Å². The number of rotatable bonds is 7. The average Bonchev–Trinajstić information content (AvgIpc) is 3.43. The van der Waals surface area contributed by atoms with Gasteiger partial charge < -0.3 is 10.6 Å². The van der Waals surface area contributed by atoms with Gasteiger partial charge in [0.2, 0.25) is 0 Å². The summed E-state index contributed by atoms with van der Waals surface area (Å²) in [6.45, 7) is 6.18. The van der Waals surface area contributed by atoms with Crippen molar-refractivity contribution in [3.63, 3.8) is 0 Å². The van der Waals surface area contributed by atoms with Crippen LogP contribution < -0.4 is 10.6 Å². The van der Waals surface area contributed by atoms with Crippen molar-refractivity contribution in [1.82, 2.24) is 30.2 Å². The molecule has 4 aromatic rings. The van der Waals surface area contributed by atoms with E-state index in [-0.39, 0.29) is 0 Å². The summed E-state index contributed by atoms with van der Waals surface area (Å²) in [5, 5.41) is 15.8. The third-order valence-electron chi connectivity index (χ3n) is 5.25. The van der Waals surface area contributed by atoms with Gasteiger partial charge in [0.1, 0.15) is 0 Å². The van der Waals surface area contributed by atoms with Crippen molar-refractivity contribution in [2.45, 2.75) is 33.5 Å². The molecule has 7 heteroatoms. The molecular weight excluding hydrogens is 398 g/mol. The van der Waals surface area contributed by atoms with Crippen LogP contribution in [0.2, 0.25) is 0 Å². The normalized spacial score (nSPS) is 11.5. The van der Waals surface area contributed by atoms with Crippen molar-refractivity contribution in [3.8, 4) is 5.69 Å². The van der Waals surface area contributed by atoms with E-state index in [0.29, 0.717) is 13.1 Å². The van der Waals surface area contributed by atoms with Crippen LogP contribution in [0.5, 0.6) is 0 Å². The van der Waals surface area contributed by atoms with Crippen LogP contribution in [0.3, 0.4) is 0 Å². The van der Waals surface area contributed by atoms with E-state index < -0.39 is 0 Å². The number of nitrogens with zero attached hydrogens (tertiary/aromatic N) is 5. The quantitative estimate of drug-likeness (QED) is 0.349. The van der Waals surface area contributed by atoms with Gasteiger partial charge >= 0.3 is 0 Å². The summed E-state index contributed by atoms with van der Waals surface area (Å²) < 4.78 is 3.92. The summed E-state index contributed by atoms with van der Waals surface area (Å²) in [7, 11) is 1.79. The van der Waals surface area contributed by atoms with Crippen LogP contribution >= 0.6 is 0 Å². The Labute approximate surface area is 188 Å². The number of hydrogen-bond acceptors (Lipinski definition) is 3. The maximum absolute atomic E-state index is 4.64. The molecule has 7 nitrogen and oxygen atoms in total. The highest BCUT2D eigenvalue weighted by molar-refractivity contribution is 5.79. The topological polar surface area (TPSA) is 72.1 Å². The first-order chi connectivity index (χ1) is 15.6. The minimum Gasteiger partial charge on any atom is -0.352 e. The van der Waals surface area contributed by atoms with Gasteiger partial charge in [0.05, 0.1) is 17.9 Å². The van der Waals surface area contributed by atoms with Gasteiger partial charge in [-0.3, -0.25) is 9.67 Å². The molecule has 0 atom stereocenters. The Hall–Kier alpha value is -3.87. The number of aryl methyl sites for hydroxylation is 2. The molecule has 0 aliphatic rings. The highest BCUT2D eigenvalue weighted by Gasteiger charge is 2.09. The maximum atomic E-state index is 4.64.